The number of esters is 1. The molecule has 0 spiro atoms. The van der Waals surface area contributed by atoms with E-state index in [-0.39, 0.29) is 30.4 Å². The first kappa shape index (κ1) is 16.0. The van der Waals surface area contributed by atoms with Crippen molar-refractivity contribution in [1.82, 2.24) is 0 Å². The largest absolute Gasteiger partial charge is 0.459 e. The summed E-state index contributed by atoms with van der Waals surface area (Å²) in [7, 11) is 0. The topological polar surface area (TPSA) is 55.8 Å². The third-order valence-electron chi connectivity index (χ3n) is 4.17. The Morgan fingerprint density at radius 1 is 1.17 bits per heavy atom. The molecule has 2 aliphatic rings. The molecule has 4 heteroatoms. The van der Waals surface area contributed by atoms with Crippen LogP contribution in [0.15, 0.2) is 48.6 Å². The highest BCUT2D eigenvalue weighted by atomic mass is 16.5. The Kier molecular flexibility index (Phi) is 5.26. The minimum absolute atomic E-state index is 0.0894. The molecule has 0 amide bonds. The normalized spacial score (nSPS) is 31.3. The Labute approximate surface area is 136 Å². The van der Waals surface area contributed by atoms with Crippen molar-refractivity contribution in [2.45, 2.75) is 50.1 Å². The third kappa shape index (κ3) is 4.78. The van der Waals surface area contributed by atoms with Gasteiger partial charge in [0.1, 0.15) is 6.10 Å². The second-order valence-corrected chi connectivity index (χ2v) is 6.12. The summed E-state index contributed by atoms with van der Waals surface area (Å²) >= 11 is 0. The number of rotatable bonds is 4. The van der Waals surface area contributed by atoms with Crippen LogP contribution in [0.2, 0.25) is 0 Å². The summed E-state index contributed by atoms with van der Waals surface area (Å²) in [6, 6.07) is 10.0. The molecule has 122 valence electrons. The highest BCUT2D eigenvalue weighted by Gasteiger charge is 2.30. The SMILES string of the molecule is O=C1C=CCC(CC2C[C@H](O)CC(/C=C/c3ccccc3)O2)O1. The smallest absolute Gasteiger partial charge is 0.330 e. The van der Waals surface area contributed by atoms with E-state index in [9.17, 15) is 9.90 Å². The fourth-order valence-electron chi connectivity index (χ4n) is 3.09. The first-order valence-corrected chi connectivity index (χ1v) is 8.13. The van der Waals surface area contributed by atoms with Crippen molar-refractivity contribution < 1.29 is 19.4 Å². The molecule has 4 atom stereocenters. The lowest BCUT2D eigenvalue weighted by molar-refractivity contribution is -0.148. The van der Waals surface area contributed by atoms with Gasteiger partial charge in [0.15, 0.2) is 0 Å². The van der Waals surface area contributed by atoms with Crippen LogP contribution < -0.4 is 0 Å². The van der Waals surface area contributed by atoms with Crippen molar-refractivity contribution >= 4 is 12.0 Å². The first-order valence-electron chi connectivity index (χ1n) is 8.13. The number of carbonyl (C=O) groups is 1. The maximum absolute atomic E-state index is 11.3. The summed E-state index contributed by atoms with van der Waals surface area (Å²) in [4.78, 5) is 11.3. The molecular weight excluding hydrogens is 292 g/mol. The molecule has 23 heavy (non-hydrogen) atoms. The van der Waals surface area contributed by atoms with Crippen LogP contribution in [0.25, 0.3) is 6.08 Å². The summed E-state index contributed by atoms with van der Waals surface area (Å²) in [5.74, 6) is -0.293. The van der Waals surface area contributed by atoms with Crippen molar-refractivity contribution in [3.8, 4) is 0 Å². The van der Waals surface area contributed by atoms with E-state index < -0.39 is 0 Å². The zero-order valence-corrected chi connectivity index (χ0v) is 13.0. The molecule has 0 aromatic heterocycles. The zero-order chi connectivity index (χ0) is 16.1. The summed E-state index contributed by atoms with van der Waals surface area (Å²) in [6.07, 6.45) is 9.11. The van der Waals surface area contributed by atoms with E-state index in [1.54, 1.807) is 0 Å². The number of hydrogen-bond acceptors (Lipinski definition) is 4. The standard InChI is InChI=1S/C19H22O4/c20-15-11-17(10-9-14-5-2-1-3-6-14)22-18(12-15)13-16-7-4-8-19(21)23-16/h1-6,8-10,15-18,20H,7,11-13H2/b10-9+/t15-,16?,17?,18?/m1/s1. The van der Waals surface area contributed by atoms with Gasteiger partial charge in [-0.3, -0.25) is 0 Å². The quantitative estimate of drug-likeness (QED) is 0.868. The molecule has 2 aliphatic heterocycles. The Morgan fingerprint density at radius 2 is 2.00 bits per heavy atom. The fourth-order valence-corrected chi connectivity index (χ4v) is 3.09. The minimum Gasteiger partial charge on any atom is -0.459 e. The van der Waals surface area contributed by atoms with Crippen LogP contribution in [0, 0.1) is 0 Å². The monoisotopic (exact) mass is 314 g/mol. The molecule has 0 bridgehead atoms. The summed E-state index contributed by atoms with van der Waals surface area (Å²) < 4.78 is 11.3. The van der Waals surface area contributed by atoms with Gasteiger partial charge in [0.05, 0.1) is 18.3 Å². The number of benzene rings is 1. The maximum atomic E-state index is 11.3. The number of cyclic esters (lactones) is 1. The number of hydrogen-bond donors (Lipinski definition) is 1. The molecular formula is C19H22O4. The van der Waals surface area contributed by atoms with Gasteiger partial charge in [-0.1, -0.05) is 48.6 Å². The second kappa shape index (κ2) is 7.57. The van der Waals surface area contributed by atoms with Gasteiger partial charge in [0.2, 0.25) is 0 Å². The molecule has 3 unspecified atom stereocenters. The van der Waals surface area contributed by atoms with Crippen LogP contribution in [0.3, 0.4) is 0 Å². The van der Waals surface area contributed by atoms with Gasteiger partial charge in [0.25, 0.3) is 0 Å². The van der Waals surface area contributed by atoms with Crippen molar-refractivity contribution in [1.29, 1.82) is 0 Å². The molecule has 0 aliphatic carbocycles. The lowest BCUT2D eigenvalue weighted by atomic mass is 9.95. The number of aliphatic hydroxyl groups is 1. The number of carbonyl (C=O) groups excluding carboxylic acids is 1. The zero-order valence-electron chi connectivity index (χ0n) is 13.0. The lowest BCUT2D eigenvalue weighted by Crippen LogP contribution is -2.37. The molecule has 1 N–H and O–H groups in total. The number of ether oxygens (including phenoxy) is 2. The van der Waals surface area contributed by atoms with Crippen LogP contribution in [0.5, 0.6) is 0 Å². The maximum Gasteiger partial charge on any atom is 0.330 e. The molecule has 4 nitrogen and oxygen atoms in total. The fraction of sp³-hybridized carbons (Fsp3) is 0.421. The molecule has 1 saturated heterocycles. The number of aliphatic hydroxyl groups excluding tert-OH is 1. The summed E-state index contributed by atoms with van der Waals surface area (Å²) in [5, 5.41) is 10.1. The minimum atomic E-state index is -0.381. The predicted molar refractivity (Wildman–Crippen MR) is 87.6 cm³/mol. The lowest BCUT2D eigenvalue weighted by Gasteiger charge is -2.33. The van der Waals surface area contributed by atoms with Crippen molar-refractivity contribution in [3.63, 3.8) is 0 Å². The van der Waals surface area contributed by atoms with E-state index in [1.165, 1.54) is 6.08 Å². The first-order chi connectivity index (χ1) is 11.2. The van der Waals surface area contributed by atoms with Crippen LogP contribution >= 0.6 is 0 Å². The molecule has 1 fully saturated rings. The Balaban J connectivity index is 1.57. The van der Waals surface area contributed by atoms with Crippen LogP contribution in [0.4, 0.5) is 0 Å². The average molecular weight is 314 g/mol. The average Bonchev–Trinajstić information content (AvgIpc) is 2.53. The highest BCUT2D eigenvalue weighted by molar-refractivity contribution is 5.82. The van der Waals surface area contributed by atoms with Gasteiger partial charge >= 0.3 is 5.97 Å². The van der Waals surface area contributed by atoms with Crippen molar-refractivity contribution in [3.05, 3.63) is 54.1 Å². The predicted octanol–water partition coefficient (Wildman–Crippen LogP) is 2.87. The second-order valence-electron chi connectivity index (χ2n) is 6.12. The molecule has 2 heterocycles. The van der Waals surface area contributed by atoms with Gasteiger partial charge in [-0.2, -0.15) is 0 Å². The summed E-state index contributed by atoms with van der Waals surface area (Å²) in [5.41, 5.74) is 1.11. The molecule has 0 saturated carbocycles. The van der Waals surface area contributed by atoms with Crippen molar-refractivity contribution in [2.75, 3.05) is 0 Å². The van der Waals surface area contributed by atoms with E-state index in [1.807, 2.05) is 48.6 Å². The van der Waals surface area contributed by atoms with Gasteiger partial charge < -0.3 is 14.6 Å². The van der Waals surface area contributed by atoms with Crippen LogP contribution in [-0.4, -0.2) is 35.5 Å². The van der Waals surface area contributed by atoms with E-state index in [2.05, 4.69) is 0 Å². The highest BCUT2D eigenvalue weighted by Crippen LogP contribution is 2.26. The van der Waals surface area contributed by atoms with E-state index in [0.717, 1.165) is 5.56 Å². The van der Waals surface area contributed by atoms with Gasteiger partial charge in [-0.15, -0.1) is 0 Å². The Morgan fingerprint density at radius 3 is 2.78 bits per heavy atom. The van der Waals surface area contributed by atoms with E-state index >= 15 is 0 Å². The van der Waals surface area contributed by atoms with Gasteiger partial charge in [-0.25, -0.2) is 4.79 Å². The molecule has 0 radical (unpaired) electrons. The van der Waals surface area contributed by atoms with Crippen LogP contribution in [-0.2, 0) is 14.3 Å². The molecule has 1 aromatic carbocycles. The van der Waals surface area contributed by atoms with Gasteiger partial charge in [0, 0.05) is 25.3 Å². The third-order valence-corrected chi connectivity index (χ3v) is 4.17. The van der Waals surface area contributed by atoms with Gasteiger partial charge in [-0.05, 0) is 12.0 Å². The van der Waals surface area contributed by atoms with E-state index in [4.69, 9.17) is 9.47 Å². The van der Waals surface area contributed by atoms with E-state index in [0.29, 0.717) is 25.7 Å². The Bertz CT molecular complexity index is 578. The Hall–Kier alpha value is -1.91. The van der Waals surface area contributed by atoms with Crippen molar-refractivity contribution in [2.24, 2.45) is 0 Å². The molecule has 1 aromatic rings. The summed E-state index contributed by atoms with van der Waals surface area (Å²) in [6.45, 7) is 0. The molecule has 3 rings (SSSR count). The van der Waals surface area contributed by atoms with Crippen LogP contribution in [0.1, 0.15) is 31.2 Å².